The second kappa shape index (κ2) is 9.18. The Hall–Kier alpha value is -2.05. The van der Waals surface area contributed by atoms with Gasteiger partial charge in [0.15, 0.2) is 0 Å². The molecule has 1 saturated heterocycles. The van der Waals surface area contributed by atoms with Gasteiger partial charge in [-0.05, 0) is 52.9 Å². The fourth-order valence-corrected chi connectivity index (χ4v) is 4.75. The minimum absolute atomic E-state index is 0.0496. The monoisotopic (exact) mass is 404 g/mol. The minimum atomic E-state index is -0.254. The van der Waals surface area contributed by atoms with E-state index in [-0.39, 0.29) is 29.2 Å². The Bertz CT molecular complexity index is 833. The molecule has 7 nitrogen and oxygen atoms in total. The Labute approximate surface area is 173 Å². The highest BCUT2D eigenvalue weighted by Gasteiger charge is 2.26. The molecule has 3 rings (SSSR count). The van der Waals surface area contributed by atoms with E-state index in [1.807, 2.05) is 32.6 Å². The number of carbonyl (C=O) groups is 1. The molecule has 2 fully saturated rings. The molecule has 2 heterocycles. The smallest absolute Gasteiger partial charge is 0.333 e. The summed E-state index contributed by atoms with van der Waals surface area (Å²) in [6.07, 6.45) is 6.37. The van der Waals surface area contributed by atoms with E-state index >= 15 is 0 Å². The van der Waals surface area contributed by atoms with Crippen LogP contribution < -0.4 is 16.1 Å². The summed E-state index contributed by atoms with van der Waals surface area (Å²) in [6.45, 7) is 10.4. The first-order valence-electron chi connectivity index (χ1n) is 11.2. The zero-order valence-electron chi connectivity index (χ0n) is 18.4. The van der Waals surface area contributed by atoms with E-state index in [4.69, 9.17) is 0 Å². The number of amides is 1. The van der Waals surface area contributed by atoms with Crippen molar-refractivity contribution < 1.29 is 4.79 Å². The molecule has 0 radical (unpaired) electrons. The van der Waals surface area contributed by atoms with Gasteiger partial charge in [0.2, 0.25) is 5.91 Å². The molecule has 0 aromatic carbocycles. The molecule has 1 amide bonds. The average molecular weight is 405 g/mol. The molecule has 1 aliphatic carbocycles. The van der Waals surface area contributed by atoms with Gasteiger partial charge in [-0.15, -0.1) is 0 Å². The summed E-state index contributed by atoms with van der Waals surface area (Å²) in [4.78, 5) is 42.5. The van der Waals surface area contributed by atoms with E-state index in [1.54, 1.807) is 10.6 Å². The molecule has 1 aromatic heterocycles. The van der Waals surface area contributed by atoms with Gasteiger partial charge < -0.3 is 9.80 Å². The maximum atomic E-state index is 13.0. The van der Waals surface area contributed by atoms with E-state index in [9.17, 15) is 14.4 Å². The van der Waals surface area contributed by atoms with Crippen molar-refractivity contribution >= 4 is 11.7 Å². The van der Waals surface area contributed by atoms with Gasteiger partial charge in [-0.1, -0.05) is 12.8 Å². The highest BCUT2D eigenvalue weighted by Crippen LogP contribution is 2.28. The van der Waals surface area contributed by atoms with Gasteiger partial charge in [-0.2, -0.15) is 0 Å². The molecular formula is C22H36N4O3. The van der Waals surface area contributed by atoms with E-state index < -0.39 is 0 Å². The van der Waals surface area contributed by atoms with Crippen LogP contribution in [0.3, 0.4) is 0 Å². The number of rotatable bonds is 5. The maximum absolute atomic E-state index is 13.0. The van der Waals surface area contributed by atoms with Crippen molar-refractivity contribution in [3.05, 3.63) is 26.9 Å². The van der Waals surface area contributed by atoms with Crippen LogP contribution in [-0.4, -0.2) is 46.1 Å². The predicted molar refractivity (Wildman–Crippen MR) is 116 cm³/mol. The molecule has 0 bridgehead atoms. The van der Waals surface area contributed by atoms with Crippen LogP contribution >= 0.6 is 0 Å². The van der Waals surface area contributed by atoms with Crippen LogP contribution in [0.15, 0.2) is 15.7 Å². The van der Waals surface area contributed by atoms with E-state index in [1.165, 1.54) is 30.3 Å². The SMILES string of the molecule is CC(C)n1c(N2CCCN(C(=O)CC3CCCC3)CC2)cc(=O)n(C(C)C)c1=O. The van der Waals surface area contributed by atoms with Crippen molar-refractivity contribution in [3.8, 4) is 0 Å². The van der Waals surface area contributed by atoms with Crippen molar-refractivity contribution in [1.82, 2.24) is 14.0 Å². The Morgan fingerprint density at radius 2 is 1.59 bits per heavy atom. The number of carbonyl (C=O) groups excluding carboxylic acids is 1. The van der Waals surface area contributed by atoms with Gasteiger partial charge in [0.25, 0.3) is 5.56 Å². The summed E-state index contributed by atoms with van der Waals surface area (Å²) < 4.78 is 3.04. The minimum Gasteiger partial charge on any atom is -0.356 e. The lowest BCUT2D eigenvalue weighted by atomic mass is 10.0. The second-order valence-corrected chi connectivity index (χ2v) is 9.13. The zero-order chi connectivity index (χ0) is 21.1. The summed E-state index contributed by atoms with van der Waals surface area (Å²) in [7, 11) is 0. The van der Waals surface area contributed by atoms with Crippen molar-refractivity contribution in [2.75, 3.05) is 31.1 Å². The highest BCUT2D eigenvalue weighted by molar-refractivity contribution is 5.76. The van der Waals surface area contributed by atoms with Gasteiger partial charge in [0, 0.05) is 50.7 Å². The molecule has 0 atom stereocenters. The molecule has 0 unspecified atom stereocenters. The first-order chi connectivity index (χ1) is 13.8. The lowest BCUT2D eigenvalue weighted by Gasteiger charge is -2.29. The van der Waals surface area contributed by atoms with E-state index in [2.05, 4.69) is 4.90 Å². The molecule has 0 spiro atoms. The van der Waals surface area contributed by atoms with Crippen LogP contribution in [0.5, 0.6) is 0 Å². The van der Waals surface area contributed by atoms with Crippen molar-refractivity contribution in [2.24, 2.45) is 5.92 Å². The quantitative estimate of drug-likeness (QED) is 0.757. The molecule has 0 N–H and O–H groups in total. The number of anilines is 1. The highest BCUT2D eigenvalue weighted by atomic mass is 16.2. The first-order valence-corrected chi connectivity index (χ1v) is 11.2. The van der Waals surface area contributed by atoms with E-state index in [0.717, 1.165) is 19.5 Å². The topological polar surface area (TPSA) is 67.5 Å². The molecular weight excluding hydrogens is 368 g/mol. The van der Waals surface area contributed by atoms with Crippen LogP contribution in [0.25, 0.3) is 0 Å². The molecule has 162 valence electrons. The van der Waals surface area contributed by atoms with E-state index in [0.29, 0.717) is 31.2 Å². The lowest BCUT2D eigenvalue weighted by molar-refractivity contribution is -0.131. The summed E-state index contributed by atoms with van der Waals surface area (Å²) in [5.74, 6) is 1.49. The molecule has 1 aromatic rings. The van der Waals surface area contributed by atoms with Gasteiger partial charge in [-0.25, -0.2) is 4.79 Å². The number of hydrogen-bond donors (Lipinski definition) is 0. The third-order valence-electron chi connectivity index (χ3n) is 6.29. The van der Waals surface area contributed by atoms with Gasteiger partial charge in [-0.3, -0.25) is 18.7 Å². The average Bonchev–Trinajstić information content (AvgIpc) is 3.01. The third kappa shape index (κ3) is 4.75. The van der Waals surface area contributed by atoms with Crippen LogP contribution in [0, 0.1) is 5.92 Å². The number of hydrogen-bond acceptors (Lipinski definition) is 4. The summed E-state index contributed by atoms with van der Waals surface area (Å²) in [6, 6.07) is 1.37. The summed E-state index contributed by atoms with van der Waals surface area (Å²) in [5, 5.41) is 0. The van der Waals surface area contributed by atoms with Crippen LogP contribution in [0.1, 0.15) is 78.3 Å². The normalized spacial score (nSPS) is 18.7. The number of nitrogens with zero attached hydrogens (tertiary/aromatic N) is 4. The summed E-state index contributed by atoms with van der Waals surface area (Å²) in [5.41, 5.74) is -0.508. The molecule has 7 heteroatoms. The van der Waals surface area contributed by atoms with Crippen LogP contribution in [0.4, 0.5) is 5.82 Å². The number of aromatic nitrogens is 2. The van der Waals surface area contributed by atoms with Crippen molar-refractivity contribution in [3.63, 3.8) is 0 Å². The lowest BCUT2D eigenvalue weighted by Crippen LogP contribution is -2.45. The summed E-state index contributed by atoms with van der Waals surface area (Å²) >= 11 is 0. The second-order valence-electron chi connectivity index (χ2n) is 9.13. The van der Waals surface area contributed by atoms with Gasteiger partial charge >= 0.3 is 5.69 Å². The molecule has 1 aliphatic heterocycles. The van der Waals surface area contributed by atoms with Gasteiger partial charge in [0.05, 0.1) is 0 Å². The fraction of sp³-hybridized carbons (Fsp3) is 0.773. The Morgan fingerprint density at radius 1 is 0.931 bits per heavy atom. The zero-order valence-corrected chi connectivity index (χ0v) is 18.4. The largest absolute Gasteiger partial charge is 0.356 e. The van der Waals surface area contributed by atoms with Gasteiger partial charge in [0.1, 0.15) is 5.82 Å². The fourth-order valence-electron chi connectivity index (χ4n) is 4.75. The third-order valence-corrected chi connectivity index (χ3v) is 6.29. The Kier molecular flexibility index (Phi) is 6.85. The van der Waals surface area contributed by atoms with Crippen LogP contribution in [-0.2, 0) is 4.79 Å². The first kappa shape index (κ1) is 21.7. The molecule has 29 heavy (non-hydrogen) atoms. The standard InChI is InChI=1S/C22H36N4O3/c1-16(2)25-19(15-21(28)26(17(3)4)22(25)29)23-10-7-11-24(13-12-23)20(27)14-18-8-5-6-9-18/h15-18H,5-14H2,1-4H3. The Balaban J connectivity index is 1.80. The molecule has 1 saturated carbocycles. The predicted octanol–water partition coefficient (Wildman–Crippen LogP) is 2.79. The van der Waals surface area contributed by atoms with Crippen LogP contribution in [0.2, 0.25) is 0 Å². The van der Waals surface area contributed by atoms with Crippen molar-refractivity contribution in [2.45, 2.75) is 78.3 Å². The molecule has 2 aliphatic rings. The van der Waals surface area contributed by atoms with Crippen molar-refractivity contribution in [1.29, 1.82) is 0 Å². The maximum Gasteiger partial charge on any atom is 0.333 e. The Morgan fingerprint density at radius 3 is 2.21 bits per heavy atom.